The Kier molecular flexibility index (Phi) is 6.15. The van der Waals surface area contributed by atoms with Gasteiger partial charge in [-0.05, 0) is 38.9 Å². The molecule has 0 aliphatic carbocycles. The third kappa shape index (κ3) is 4.25. The van der Waals surface area contributed by atoms with Crippen LogP contribution in [-0.2, 0) is 4.74 Å². The quantitative estimate of drug-likeness (QED) is 0.873. The van der Waals surface area contributed by atoms with Crippen LogP contribution in [0.15, 0.2) is 24.3 Å². The maximum Gasteiger partial charge on any atom is 0.127 e. The van der Waals surface area contributed by atoms with E-state index >= 15 is 0 Å². The minimum atomic E-state index is -0.127. The molecule has 0 amide bonds. The number of ether oxygens (including phenoxy) is 1. The lowest BCUT2D eigenvalue weighted by Crippen LogP contribution is -2.41. The molecule has 1 heterocycles. The van der Waals surface area contributed by atoms with Gasteiger partial charge in [-0.2, -0.15) is 0 Å². The molecule has 1 aliphatic heterocycles. The molecule has 3 nitrogen and oxygen atoms in total. The number of nitrogens with one attached hydrogen (secondary N) is 1. The largest absolute Gasteiger partial charge is 0.381 e. The van der Waals surface area contributed by atoms with Crippen molar-refractivity contribution in [3.05, 3.63) is 35.6 Å². The molecule has 118 valence electrons. The normalized spacial score (nSPS) is 19.7. The molecular weight excluding hydrogens is 267 g/mol. The lowest BCUT2D eigenvalue weighted by molar-refractivity contribution is 0.0372. The molecule has 0 spiro atoms. The highest BCUT2D eigenvalue weighted by atomic mass is 19.1. The highest BCUT2D eigenvalue weighted by molar-refractivity contribution is 5.21. The van der Waals surface area contributed by atoms with Crippen LogP contribution in [0.1, 0.15) is 31.4 Å². The van der Waals surface area contributed by atoms with Gasteiger partial charge in [-0.1, -0.05) is 25.1 Å². The minimum absolute atomic E-state index is 0.0356. The molecule has 0 bridgehead atoms. The number of hydrogen-bond acceptors (Lipinski definition) is 3. The molecule has 1 fully saturated rings. The van der Waals surface area contributed by atoms with E-state index in [0.717, 1.165) is 38.2 Å². The first-order valence-electron chi connectivity index (χ1n) is 7.83. The molecule has 2 rings (SSSR count). The van der Waals surface area contributed by atoms with E-state index in [1.165, 1.54) is 6.07 Å². The van der Waals surface area contributed by atoms with E-state index in [9.17, 15) is 4.39 Å². The molecule has 4 heteroatoms. The van der Waals surface area contributed by atoms with Crippen molar-refractivity contribution in [3.8, 4) is 0 Å². The first kappa shape index (κ1) is 16.4. The number of nitrogens with zero attached hydrogens (tertiary/aromatic N) is 1. The summed E-state index contributed by atoms with van der Waals surface area (Å²) in [5.74, 6) is 0.206. The second-order valence-electron chi connectivity index (χ2n) is 6.05. The Bertz CT molecular complexity index is 435. The van der Waals surface area contributed by atoms with Crippen LogP contribution in [-0.4, -0.2) is 44.8 Å². The van der Waals surface area contributed by atoms with Crippen molar-refractivity contribution in [3.63, 3.8) is 0 Å². The van der Waals surface area contributed by atoms with Gasteiger partial charge in [-0.15, -0.1) is 0 Å². The third-order valence-electron chi connectivity index (χ3n) is 4.51. The maximum atomic E-state index is 14.0. The molecule has 2 unspecified atom stereocenters. The summed E-state index contributed by atoms with van der Waals surface area (Å²) in [4.78, 5) is 2.40. The van der Waals surface area contributed by atoms with Gasteiger partial charge >= 0.3 is 0 Å². The van der Waals surface area contributed by atoms with E-state index in [-0.39, 0.29) is 11.9 Å². The van der Waals surface area contributed by atoms with Crippen molar-refractivity contribution < 1.29 is 9.13 Å². The third-order valence-corrected chi connectivity index (χ3v) is 4.51. The molecule has 1 N–H and O–H groups in total. The minimum Gasteiger partial charge on any atom is -0.381 e. The number of rotatable bonds is 6. The molecule has 0 radical (unpaired) electrons. The second-order valence-corrected chi connectivity index (χ2v) is 6.05. The zero-order chi connectivity index (χ0) is 15.2. The predicted molar refractivity (Wildman–Crippen MR) is 83.8 cm³/mol. The van der Waals surface area contributed by atoms with Gasteiger partial charge in [0.2, 0.25) is 0 Å². The average molecular weight is 294 g/mol. The Morgan fingerprint density at radius 2 is 2.00 bits per heavy atom. The molecule has 1 aromatic rings. The number of benzene rings is 1. The zero-order valence-electron chi connectivity index (χ0n) is 13.3. The van der Waals surface area contributed by atoms with Crippen LogP contribution in [0.2, 0.25) is 0 Å². The average Bonchev–Trinajstić information content (AvgIpc) is 2.50. The van der Waals surface area contributed by atoms with Crippen LogP contribution in [0.4, 0.5) is 4.39 Å². The zero-order valence-corrected chi connectivity index (χ0v) is 13.3. The topological polar surface area (TPSA) is 24.5 Å². The van der Waals surface area contributed by atoms with Crippen LogP contribution < -0.4 is 5.32 Å². The van der Waals surface area contributed by atoms with E-state index in [1.54, 1.807) is 6.07 Å². The van der Waals surface area contributed by atoms with Gasteiger partial charge in [-0.25, -0.2) is 4.39 Å². The lowest BCUT2D eigenvalue weighted by atomic mass is 9.93. The van der Waals surface area contributed by atoms with Crippen LogP contribution in [0.5, 0.6) is 0 Å². The van der Waals surface area contributed by atoms with Crippen molar-refractivity contribution in [2.24, 2.45) is 5.92 Å². The molecule has 0 saturated carbocycles. The van der Waals surface area contributed by atoms with Crippen molar-refractivity contribution >= 4 is 0 Å². The van der Waals surface area contributed by atoms with Crippen molar-refractivity contribution in [2.45, 2.75) is 31.8 Å². The molecule has 1 aliphatic rings. The van der Waals surface area contributed by atoms with E-state index in [0.29, 0.717) is 12.0 Å². The summed E-state index contributed by atoms with van der Waals surface area (Å²) in [6, 6.07) is 7.67. The number of halogens is 1. The molecule has 21 heavy (non-hydrogen) atoms. The number of hydrogen-bond donors (Lipinski definition) is 1. The monoisotopic (exact) mass is 294 g/mol. The fourth-order valence-corrected chi connectivity index (χ4v) is 3.31. The Hall–Kier alpha value is -0.970. The van der Waals surface area contributed by atoms with E-state index in [1.807, 2.05) is 19.2 Å². The smallest absolute Gasteiger partial charge is 0.127 e. The maximum absolute atomic E-state index is 14.0. The van der Waals surface area contributed by atoms with Gasteiger partial charge in [0.05, 0.1) is 0 Å². The van der Waals surface area contributed by atoms with Crippen LogP contribution in [0, 0.1) is 11.7 Å². The lowest BCUT2D eigenvalue weighted by Gasteiger charge is -2.35. The van der Waals surface area contributed by atoms with Crippen molar-refractivity contribution in [2.75, 3.05) is 33.9 Å². The summed E-state index contributed by atoms with van der Waals surface area (Å²) in [5, 5.41) is 3.28. The molecule has 0 aromatic heterocycles. The fourth-order valence-electron chi connectivity index (χ4n) is 3.31. The molecule has 2 atom stereocenters. The van der Waals surface area contributed by atoms with Crippen LogP contribution in [0.3, 0.4) is 0 Å². The van der Waals surface area contributed by atoms with E-state index < -0.39 is 0 Å². The Morgan fingerprint density at radius 1 is 1.33 bits per heavy atom. The second kappa shape index (κ2) is 7.87. The highest BCUT2D eigenvalue weighted by Gasteiger charge is 2.25. The first-order chi connectivity index (χ1) is 10.1. The Balaban J connectivity index is 1.99. The standard InChI is InChI=1S/C17H27FN2O/c1-13(12-20(3)14-8-10-21-11-9-14)17(19-2)15-6-4-5-7-16(15)18/h4-7,13-14,17,19H,8-12H2,1-3H3. The summed E-state index contributed by atoms with van der Waals surface area (Å²) in [6.07, 6.45) is 2.18. The van der Waals surface area contributed by atoms with Gasteiger partial charge in [0.25, 0.3) is 0 Å². The van der Waals surface area contributed by atoms with E-state index in [2.05, 4.69) is 24.2 Å². The SMILES string of the molecule is CNC(c1ccccc1F)C(C)CN(C)C1CCOCC1. The Morgan fingerprint density at radius 3 is 2.62 bits per heavy atom. The van der Waals surface area contributed by atoms with Gasteiger partial charge in [0, 0.05) is 37.4 Å². The summed E-state index contributed by atoms with van der Waals surface area (Å²) in [7, 11) is 4.07. The van der Waals surface area contributed by atoms with Gasteiger partial charge in [0.1, 0.15) is 5.82 Å². The van der Waals surface area contributed by atoms with Crippen molar-refractivity contribution in [1.82, 2.24) is 10.2 Å². The summed E-state index contributed by atoms with van der Waals surface area (Å²) < 4.78 is 19.4. The van der Waals surface area contributed by atoms with Crippen LogP contribution in [0.25, 0.3) is 0 Å². The summed E-state index contributed by atoms with van der Waals surface area (Å²) in [6.45, 7) is 4.84. The molecular formula is C17H27FN2O. The molecule has 1 aromatic carbocycles. The first-order valence-corrected chi connectivity index (χ1v) is 7.83. The highest BCUT2D eigenvalue weighted by Crippen LogP contribution is 2.26. The van der Waals surface area contributed by atoms with E-state index in [4.69, 9.17) is 4.74 Å². The summed E-state index contributed by atoms with van der Waals surface area (Å²) >= 11 is 0. The Labute approximate surface area is 127 Å². The van der Waals surface area contributed by atoms with Gasteiger partial charge in [-0.3, -0.25) is 0 Å². The predicted octanol–water partition coefficient (Wildman–Crippen LogP) is 2.83. The van der Waals surface area contributed by atoms with Gasteiger partial charge < -0.3 is 15.0 Å². The fraction of sp³-hybridized carbons (Fsp3) is 0.647. The summed E-state index contributed by atoms with van der Waals surface area (Å²) in [5.41, 5.74) is 0.757. The van der Waals surface area contributed by atoms with Gasteiger partial charge in [0.15, 0.2) is 0 Å². The molecule has 1 saturated heterocycles. The van der Waals surface area contributed by atoms with Crippen molar-refractivity contribution in [1.29, 1.82) is 0 Å². The van der Waals surface area contributed by atoms with Crippen LogP contribution >= 0.6 is 0 Å².